The first-order valence-electron chi connectivity index (χ1n) is 6.89. The highest BCUT2D eigenvalue weighted by Gasteiger charge is 2.35. The Morgan fingerprint density at radius 2 is 2.16 bits per heavy atom. The molecule has 2 atom stereocenters. The summed E-state index contributed by atoms with van der Waals surface area (Å²) >= 11 is 0. The van der Waals surface area contributed by atoms with Crippen LogP contribution in [0.15, 0.2) is 30.3 Å². The third kappa shape index (κ3) is 3.70. The van der Waals surface area contributed by atoms with Crippen LogP contribution in [0.4, 0.5) is 10.5 Å². The number of aliphatic hydroxyl groups is 1. The standard InChI is InChI=1S/C15H22N2O2/c1-12-6-5-9-15(10-12,11-18)17-14(19)16-13-7-3-2-4-8-13/h2-4,7-8,12,18H,5-6,9-11H2,1H3,(H2,16,17,19). The first-order valence-corrected chi connectivity index (χ1v) is 6.89. The number of hydrogen-bond acceptors (Lipinski definition) is 2. The van der Waals surface area contributed by atoms with Crippen molar-refractivity contribution >= 4 is 11.7 Å². The van der Waals surface area contributed by atoms with E-state index in [2.05, 4.69) is 17.6 Å². The Morgan fingerprint density at radius 3 is 2.79 bits per heavy atom. The number of amides is 2. The summed E-state index contributed by atoms with van der Waals surface area (Å²) in [7, 11) is 0. The molecule has 1 aliphatic rings. The van der Waals surface area contributed by atoms with Crippen LogP contribution in [-0.2, 0) is 0 Å². The summed E-state index contributed by atoms with van der Waals surface area (Å²) in [5.74, 6) is 0.540. The number of rotatable bonds is 3. The van der Waals surface area contributed by atoms with E-state index < -0.39 is 5.54 Å². The molecule has 3 N–H and O–H groups in total. The minimum Gasteiger partial charge on any atom is -0.394 e. The van der Waals surface area contributed by atoms with Gasteiger partial charge in [-0.25, -0.2) is 4.79 Å². The summed E-state index contributed by atoms with van der Waals surface area (Å²) in [6, 6.07) is 9.10. The van der Waals surface area contributed by atoms with Crippen molar-refractivity contribution < 1.29 is 9.90 Å². The predicted octanol–water partition coefficient (Wildman–Crippen LogP) is 2.75. The Balaban J connectivity index is 1.96. The average Bonchev–Trinajstić information content (AvgIpc) is 2.39. The van der Waals surface area contributed by atoms with Gasteiger partial charge in [-0.3, -0.25) is 0 Å². The summed E-state index contributed by atoms with van der Waals surface area (Å²) in [4.78, 5) is 12.0. The lowest BCUT2D eigenvalue weighted by Crippen LogP contribution is -2.55. The molecule has 4 heteroatoms. The van der Waals surface area contributed by atoms with Crippen LogP contribution in [0.5, 0.6) is 0 Å². The van der Waals surface area contributed by atoms with Gasteiger partial charge in [0, 0.05) is 5.69 Å². The van der Waals surface area contributed by atoms with Crippen molar-refractivity contribution in [2.75, 3.05) is 11.9 Å². The number of carbonyl (C=O) groups is 1. The highest BCUT2D eigenvalue weighted by atomic mass is 16.3. The van der Waals surface area contributed by atoms with E-state index in [1.807, 2.05) is 30.3 Å². The number of carbonyl (C=O) groups excluding carboxylic acids is 1. The van der Waals surface area contributed by atoms with Gasteiger partial charge in [0.25, 0.3) is 0 Å². The molecular weight excluding hydrogens is 240 g/mol. The second kappa shape index (κ2) is 6.06. The highest BCUT2D eigenvalue weighted by Crippen LogP contribution is 2.32. The number of urea groups is 1. The third-order valence-corrected chi connectivity index (χ3v) is 3.80. The van der Waals surface area contributed by atoms with Crippen molar-refractivity contribution in [2.45, 2.75) is 38.1 Å². The lowest BCUT2D eigenvalue weighted by molar-refractivity contribution is 0.108. The molecule has 4 nitrogen and oxygen atoms in total. The number of benzene rings is 1. The van der Waals surface area contributed by atoms with E-state index in [-0.39, 0.29) is 12.6 Å². The maximum Gasteiger partial charge on any atom is 0.319 e. The molecule has 1 aromatic carbocycles. The van der Waals surface area contributed by atoms with Gasteiger partial charge in [0.15, 0.2) is 0 Å². The molecule has 0 bridgehead atoms. The van der Waals surface area contributed by atoms with Crippen LogP contribution in [0.1, 0.15) is 32.6 Å². The molecule has 0 radical (unpaired) electrons. The Morgan fingerprint density at radius 1 is 1.42 bits per heavy atom. The zero-order valence-corrected chi connectivity index (χ0v) is 11.4. The molecule has 0 spiro atoms. The van der Waals surface area contributed by atoms with E-state index in [9.17, 15) is 9.90 Å². The fourth-order valence-corrected chi connectivity index (χ4v) is 2.88. The molecule has 2 rings (SSSR count). The van der Waals surface area contributed by atoms with E-state index in [0.717, 1.165) is 24.9 Å². The minimum atomic E-state index is -0.462. The molecule has 1 fully saturated rings. The molecule has 104 valence electrons. The minimum absolute atomic E-state index is 0.000447. The summed E-state index contributed by atoms with van der Waals surface area (Å²) in [5.41, 5.74) is 0.299. The van der Waals surface area contributed by atoms with Crippen molar-refractivity contribution in [3.8, 4) is 0 Å². The van der Waals surface area contributed by atoms with Crippen molar-refractivity contribution in [1.29, 1.82) is 0 Å². The first kappa shape index (κ1) is 13.9. The number of para-hydroxylation sites is 1. The molecule has 19 heavy (non-hydrogen) atoms. The Labute approximate surface area is 114 Å². The summed E-state index contributed by atoms with van der Waals surface area (Å²) in [5, 5.41) is 15.4. The second-order valence-corrected chi connectivity index (χ2v) is 5.59. The van der Waals surface area contributed by atoms with Crippen molar-refractivity contribution in [3.63, 3.8) is 0 Å². The predicted molar refractivity (Wildman–Crippen MR) is 76.0 cm³/mol. The monoisotopic (exact) mass is 262 g/mol. The smallest absolute Gasteiger partial charge is 0.319 e. The molecule has 2 amide bonds. The van der Waals surface area contributed by atoms with E-state index in [1.54, 1.807) is 0 Å². The SMILES string of the molecule is CC1CCCC(CO)(NC(=O)Nc2ccccc2)C1. The van der Waals surface area contributed by atoms with Gasteiger partial charge >= 0.3 is 6.03 Å². The van der Waals surface area contributed by atoms with Crippen LogP contribution in [0.3, 0.4) is 0 Å². The van der Waals surface area contributed by atoms with Crippen LogP contribution in [0.25, 0.3) is 0 Å². The average molecular weight is 262 g/mol. The molecule has 2 unspecified atom stereocenters. The molecule has 0 saturated heterocycles. The van der Waals surface area contributed by atoms with Crippen LogP contribution in [0.2, 0.25) is 0 Å². The summed E-state index contributed by atoms with van der Waals surface area (Å²) in [6.45, 7) is 2.17. The highest BCUT2D eigenvalue weighted by molar-refractivity contribution is 5.89. The summed E-state index contributed by atoms with van der Waals surface area (Å²) in [6.07, 6.45) is 3.90. The van der Waals surface area contributed by atoms with E-state index >= 15 is 0 Å². The lowest BCUT2D eigenvalue weighted by atomic mass is 9.77. The lowest BCUT2D eigenvalue weighted by Gasteiger charge is -2.39. The van der Waals surface area contributed by atoms with Gasteiger partial charge in [0.1, 0.15) is 0 Å². The van der Waals surface area contributed by atoms with Gasteiger partial charge in [0.2, 0.25) is 0 Å². The quantitative estimate of drug-likeness (QED) is 0.784. The zero-order valence-electron chi connectivity index (χ0n) is 11.4. The molecular formula is C15H22N2O2. The van der Waals surface area contributed by atoms with Crippen LogP contribution in [0, 0.1) is 5.92 Å². The molecule has 0 heterocycles. The maximum atomic E-state index is 12.0. The number of hydrogen-bond donors (Lipinski definition) is 3. The number of anilines is 1. The fourth-order valence-electron chi connectivity index (χ4n) is 2.88. The maximum absolute atomic E-state index is 12.0. The van der Waals surface area contributed by atoms with Crippen molar-refractivity contribution in [2.24, 2.45) is 5.92 Å². The van der Waals surface area contributed by atoms with Crippen LogP contribution < -0.4 is 10.6 Å². The van der Waals surface area contributed by atoms with E-state index in [4.69, 9.17) is 0 Å². The van der Waals surface area contributed by atoms with Crippen LogP contribution in [-0.4, -0.2) is 23.3 Å². The van der Waals surface area contributed by atoms with Gasteiger partial charge in [-0.2, -0.15) is 0 Å². The number of nitrogens with one attached hydrogen (secondary N) is 2. The zero-order chi connectivity index (χ0) is 13.7. The third-order valence-electron chi connectivity index (χ3n) is 3.80. The Bertz CT molecular complexity index is 421. The van der Waals surface area contributed by atoms with Crippen molar-refractivity contribution in [3.05, 3.63) is 30.3 Å². The first-order chi connectivity index (χ1) is 9.13. The van der Waals surface area contributed by atoms with E-state index in [1.165, 1.54) is 6.42 Å². The summed E-state index contributed by atoms with van der Waals surface area (Å²) < 4.78 is 0. The Kier molecular flexibility index (Phi) is 4.43. The molecule has 0 aliphatic heterocycles. The normalized spacial score (nSPS) is 26.7. The number of aliphatic hydroxyl groups excluding tert-OH is 1. The second-order valence-electron chi connectivity index (χ2n) is 5.59. The van der Waals surface area contributed by atoms with Gasteiger partial charge < -0.3 is 15.7 Å². The van der Waals surface area contributed by atoms with Gasteiger partial charge in [-0.15, -0.1) is 0 Å². The molecule has 1 saturated carbocycles. The van der Waals surface area contributed by atoms with Crippen LogP contribution >= 0.6 is 0 Å². The molecule has 1 aromatic rings. The van der Waals surface area contributed by atoms with Gasteiger partial charge in [-0.1, -0.05) is 38.0 Å². The molecule has 1 aliphatic carbocycles. The fraction of sp³-hybridized carbons (Fsp3) is 0.533. The van der Waals surface area contributed by atoms with E-state index in [0.29, 0.717) is 5.92 Å². The van der Waals surface area contributed by atoms with Crippen molar-refractivity contribution in [1.82, 2.24) is 5.32 Å². The van der Waals surface area contributed by atoms with Gasteiger partial charge in [-0.05, 0) is 30.9 Å². The topological polar surface area (TPSA) is 61.4 Å². The Hall–Kier alpha value is -1.55. The van der Waals surface area contributed by atoms with Gasteiger partial charge in [0.05, 0.1) is 12.1 Å². The largest absolute Gasteiger partial charge is 0.394 e. The molecule has 0 aromatic heterocycles.